The SMILES string of the molecule is O=C(O)c1nn(-c2ccc(Cl)cc2)nc1N1CC[C@@H](c2ccccc2)C1. The molecule has 4 rings (SSSR count). The standard InChI is InChI=1S/C19H17ClN4O2/c20-15-6-8-16(9-7-15)24-21-17(19(25)26)18(22-24)23-11-10-14(12-23)13-4-2-1-3-5-13/h1-9,14H,10-12H2,(H,25,26)/t14-/m1/s1. The fourth-order valence-electron chi connectivity index (χ4n) is 3.29. The second-order valence-corrected chi connectivity index (χ2v) is 6.72. The van der Waals surface area contributed by atoms with Gasteiger partial charge in [-0.15, -0.1) is 15.0 Å². The average molecular weight is 369 g/mol. The number of carbonyl (C=O) groups is 1. The van der Waals surface area contributed by atoms with Crippen LogP contribution in [0, 0.1) is 0 Å². The molecule has 2 heterocycles. The highest BCUT2D eigenvalue weighted by Crippen LogP contribution is 2.31. The van der Waals surface area contributed by atoms with Gasteiger partial charge in [-0.05, 0) is 36.2 Å². The predicted octanol–water partition coefficient (Wildman–Crippen LogP) is 3.61. The Morgan fingerprint density at radius 2 is 1.81 bits per heavy atom. The van der Waals surface area contributed by atoms with E-state index in [0.717, 1.165) is 19.5 Å². The molecule has 0 amide bonds. The van der Waals surface area contributed by atoms with Crippen molar-refractivity contribution in [3.63, 3.8) is 0 Å². The summed E-state index contributed by atoms with van der Waals surface area (Å²) in [5.74, 6) is -0.312. The van der Waals surface area contributed by atoms with Crippen LogP contribution in [0.25, 0.3) is 5.69 Å². The first-order chi connectivity index (χ1) is 12.6. The number of hydrogen-bond acceptors (Lipinski definition) is 4. The summed E-state index contributed by atoms with van der Waals surface area (Å²) in [4.78, 5) is 15.0. The van der Waals surface area contributed by atoms with Crippen molar-refractivity contribution >= 4 is 23.4 Å². The highest BCUT2D eigenvalue weighted by Gasteiger charge is 2.30. The Bertz CT molecular complexity index is 924. The van der Waals surface area contributed by atoms with Crippen molar-refractivity contribution in [2.75, 3.05) is 18.0 Å². The van der Waals surface area contributed by atoms with Crippen LogP contribution in [0.1, 0.15) is 28.4 Å². The lowest BCUT2D eigenvalue weighted by atomic mass is 9.99. The van der Waals surface area contributed by atoms with Crippen molar-refractivity contribution in [2.24, 2.45) is 0 Å². The van der Waals surface area contributed by atoms with Crippen LogP contribution in [0.15, 0.2) is 54.6 Å². The maximum absolute atomic E-state index is 11.7. The van der Waals surface area contributed by atoms with E-state index >= 15 is 0 Å². The number of rotatable bonds is 4. The zero-order valence-electron chi connectivity index (χ0n) is 13.9. The van der Waals surface area contributed by atoms with E-state index in [4.69, 9.17) is 11.6 Å². The van der Waals surface area contributed by atoms with E-state index in [-0.39, 0.29) is 5.69 Å². The highest BCUT2D eigenvalue weighted by atomic mass is 35.5. The van der Waals surface area contributed by atoms with E-state index in [1.54, 1.807) is 24.3 Å². The van der Waals surface area contributed by atoms with Crippen molar-refractivity contribution in [2.45, 2.75) is 12.3 Å². The van der Waals surface area contributed by atoms with E-state index in [0.29, 0.717) is 22.4 Å². The normalized spacial score (nSPS) is 16.8. The van der Waals surface area contributed by atoms with E-state index < -0.39 is 5.97 Å². The summed E-state index contributed by atoms with van der Waals surface area (Å²) >= 11 is 5.91. The number of halogens is 1. The Kier molecular flexibility index (Phi) is 4.34. The topological polar surface area (TPSA) is 71.2 Å². The smallest absolute Gasteiger partial charge is 0.360 e. The molecule has 1 saturated heterocycles. The van der Waals surface area contributed by atoms with Gasteiger partial charge in [0.05, 0.1) is 5.69 Å². The minimum atomic E-state index is -1.08. The number of nitrogens with zero attached hydrogens (tertiary/aromatic N) is 4. The van der Waals surface area contributed by atoms with Crippen LogP contribution in [-0.4, -0.2) is 39.2 Å². The molecule has 26 heavy (non-hydrogen) atoms. The molecule has 0 aliphatic carbocycles. The van der Waals surface area contributed by atoms with Crippen LogP contribution in [0.5, 0.6) is 0 Å². The van der Waals surface area contributed by atoms with Gasteiger partial charge < -0.3 is 10.0 Å². The molecule has 1 aromatic heterocycles. The molecule has 132 valence electrons. The minimum absolute atomic E-state index is 0.0336. The predicted molar refractivity (Wildman–Crippen MR) is 99.3 cm³/mol. The van der Waals surface area contributed by atoms with Gasteiger partial charge in [-0.25, -0.2) is 4.79 Å². The monoisotopic (exact) mass is 368 g/mol. The van der Waals surface area contributed by atoms with Gasteiger partial charge in [0.2, 0.25) is 5.69 Å². The Balaban J connectivity index is 1.64. The number of aromatic carboxylic acids is 1. The lowest BCUT2D eigenvalue weighted by molar-refractivity contribution is 0.0690. The third-order valence-electron chi connectivity index (χ3n) is 4.61. The molecule has 1 fully saturated rings. The molecule has 7 heteroatoms. The summed E-state index contributed by atoms with van der Waals surface area (Å²) in [5.41, 5.74) is 1.90. The van der Waals surface area contributed by atoms with Gasteiger partial charge in [0.1, 0.15) is 0 Å². The highest BCUT2D eigenvalue weighted by molar-refractivity contribution is 6.30. The summed E-state index contributed by atoms with van der Waals surface area (Å²) in [6.45, 7) is 1.47. The molecule has 2 aromatic carbocycles. The minimum Gasteiger partial charge on any atom is -0.476 e. The fourth-order valence-corrected chi connectivity index (χ4v) is 3.42. The molecular weight excluding hydrogens is 352 g/mol. The lowest BCUT2D eigenvalue weighted by Crippen LogP contribution is -2.22. The average Bonchev–Trinajstić information content (AvgIpc) is 3.30. The van der Waals surface area contributed by atoms with Crippen molar-refractivity contribution in [1.29, 1.82) is 0 Å². The zero-order chi connectivity index (χ0) is 18.1. The fraction of sp³-hybridized carbons (Fsp3) is 0.211. The number of aromatic nitrogens is 3. The van der Waals surface area contributed by atoms with Gasteiger partial charge >= 0.3 is 5.97 Å². The summed E-state index contributed by atoms with van der Waals surface area (Å²) in [7, 11) is 0. The Hall–Kier alpha value is -2.86. The molecule has 1 atom stereocenters. The number of carboxylic acids is 1. The van der Waals surface area contributed by atoms with Gasteiger partial charge in [0.15, 0.2) is 5.82 Å². The number of benzene rings is 2. The van der Waals surface area contributed by atoms with Gasteiger partial charge in [0, 0.05) is 24.0 Å². The van der Waals surface area contributed by atoms with Crippen molar-refractivity contribution < 1.29 is 9.90 Å². The zero-order valence-corrected chi connectivity index (χ0v) is 14.7. The molecule has 1 aliphatic rings. The van der Waals surface area contributed by atoms with Gasteiger partial charge in [0.25, 0.3) is 0 Å². The first-order valence-electron chi connectivity index (χ1n) is 8.38. The number of anilines is 1. The molecule has 3 aromatic rings. The molecule has 0 radical (unpaired) electrons. The second kappa shape index (κ2) is 6.80. The lowest BCUT2D eigenvalue weighted by Gasteiger charge is -2.16. The number of carboxylic acid groups (broad SMARTS) is 1. The summed E-state index contributed by atoms with van der Waals surface area (Å²) in [6.07, 6.45) is 0.955. The molecule has 0 unspecified atom stereocenters. The largest absolute Gasteiger partial charge is 0.476 e. The van der Waals surface area contributed by atoms with Crippen LogP contribution in [-0.2, 0) is 0 Å². The van der Waals surface area contributed by atoms with Crippen molar-refractivity contribution in [3.05, 3.63) is 70.9 Å². The molecule has 6 nitrogen and oxygen atoms in total. The third kappa shape index (κ3) is 3.15. The first kappa shape index (κ1) is 16.6. The quantitative estimate of drug-likeness (QED) is 0.761. The molecule has 0 spiro atoms. The maximum Gasteiger partial charge on any atom is 0.360 e. The maximum atomic E-state index is 11.7. The van der Waals surface area contributed by atoms with Crippen molar-refractivity contribution in [1.82, 2.24) is 15.0 Å². The Labute approximate surface area is 155 Å². The van der Waals surface area contributed by atoms with Crippen LogP contribution < -0.4 is 4.90 Å². The summed E-state index contributed by atoms with van der Waals surface area (Å²) in [6, 6.07) is 17.2. The van der Waals surface area contributed by atoms with E-state index in [2.05, 4.69) is 22.3 Å². The molecule has 1 aliphatic heterocycles. The molecular formula is C19H17ClN4O2. The third-order valence-corrected chi connectivity index (χ3v) is 4.87. The molecule has 0 saturated carbocycles. The van der Waals surface area contributed by atoms with E-state index in [9.17, 15) is 9.90 Å². The molecule has 0 bridgehead atoms. The van der Waals surface area contributed by atoms with Gasteiger partial charge in [-0.3, -0.25) is 0 Å². The molecule has 1 N–H and O–H groups in total. The van der Waals surface area contributed by atoms with Crippen LogP contribution >= 0.6 is 11.6 Å². The Morgan fingerprint density at radius 1 is 1.08 bits per heavy atom. The Morgan fingerprint density at radius 3 is 2.50 bits per heavy atom. The number of hydrogen-bond donors (Lipinski definition) is 1. The van der Waals surface area contributed by atoms with Gasteiger partial charge in [-0.1, -0.05) is 41.9 Å². The summed E-state index contributed by atoms with van der Waals surface area (Å²) < 4.78 is 0. The first-order valence-corrected chi connectivity index (χ1v) is 8.76. The van der Waals surface area contributed by atoms with E-state index in [1.165, 1.54) is 10.4 Å². The summed E-state index contributed by atoms with van der Waals surface area (Å²) in [5, 5.41) is 18.8. The van der Waals surface area contributed by atoms with Gasteiger partial charge in [-0.2, -0.15) is 0 Å². The second-order valence-electron chi connectivity index (χ2n) is 6.29. The van der Waals surface area contributed by atoms with Crippen LogP contribution in [0.3, 0.4) is 0 Å². The van der Waals surface area contributed by atoms with Crippen LogP contribution in [0.4, 0.5) is 5.82 Å². The van der Waals surface area contributed by atoms with E-state index in [1.807, 2.05) is 23.1 Å². The van der Waals surface area contributed by atoms with Crippen LogP contribution in [0.2, 0.25) is 5.02 Å². The van der Waals surface area contributed by atoms with Crippen molar-refractivity contribution in [3.8, 4) is 5.69 Å².